The van der Waals surface area contributed by atoms with Crippen LogP contribution in [0.3, 0.4) is 0 Å². The number of amides is 1. The van der Waals surface area contributed by atoms with Gasteiger partial charge in [0.25, 0.3) is 0 Å². The molecule has 0 atom stereocenters. The summed E-state index contributed by atoms with van der Waals surface area (Å²) < 4.78 is 1.94. The number of nitrogens with zero attached hydrogens (tertiary/aromatic N) is 6. The molecular formula is C23H34N6O. The normalized spacial score (nSPS) is 18.4. The van der Waals surface area contributed by atoms with Gasteiger partial charge >= 0.3 is 0 Å². The van der Waals surface area contributed by atoms with Crippen molar-refractivity contribution >= 4 is 5.91 Å². The van der Waals surface area contributed by atoms with E-state index in [1.54, 1.807) is 0 Å². The Labute approximate surface area is 179 Å². The van der Waals surface area contributed by atoms with Crippen LogP contribution in [-0.2, 0) is 17.8 Å². The van der Waals surface area contributed by atoms with E-state index >= 15 is 0 Å². The van der Waals surface area contributed by atoms with Gasteiger partial charge in [0.05, 0.1) is 17.9 Å². The fourth-order valence-electron chi connectivity index (χ4n) is 4.48. The first-order valence-electron chi connectivity index (χ1n) is 11.1. The highest BCUT2D eigenvalue weighted by molar-refractivity contribution is 5.78. The Morgan fingerprint density at radius 1 is 1.27 bits per heavy atom. The zero-order valence-electron chi connectivity index (χ0n) is 18.5. The molecule has 0 spiro atoms. The van der Waals surface area contributed by atoms with E-state index in [9.17, 15) is 4.79 Å². The Hall–Kier alpha value is -2.25. The van der Waals surface area contributed by atoms with Crippen LogP contribution < -0.4 is 0 Å². The van der Waals surface area contributed by atoms with Gasteiger partial charge in [0.2, 0.25) is 5.91 Å². The van der Waals surface area contributed by atoms with E-state index in [1.165, 1.54) is 31.5 Å². The van der Waals surface area contributed by atoms with Crippen molar-refractivity contribution in [1.29, 1.82) is 0 Å². The maximum absolute atomic E-state index is 12.8. The van der Waals surface area contributed by atoms with Gasteiger partial charge < -0.3 is 9.80 Å². The molecule has 1 amide bonds. The Morgan fingerprint density at radius 3 is 2.83 bits per heavy atom. The zero-order valence-corrected chi connectivity index (χ0v) is 18.5. The van der Waals surface area contributed by atoms with E-state index in [0.717, 1.165) is 55.5 Å². The first-order valence-corrected chi connectivity index (χ1v) is 11.1. The lowest BCUT2D eigenvalue weighted by molar-refractivity contribution is -0.131. The Kier molecular flexibility index (Phi) is 6.49. The molecule has 0 aliphatic carbocycles. The van der Waals surface area contributed by atoms with Gasteiger partial charge in [-0.3, -0.25) is 14.7 Å². The predicted molar refractivity (Wildman–Crippen MR) is 118 cm³/mol. The smallest absolute Gasteiger partial charge is 0.236 e. The molecule has 0 saturated carbocycles. The van der Waals surface area contributed by atoms with Crippen LogP contribution in [0.4, 0.5) is 0 Å². The number of rotatable bonds is 6. The monoisotopic (exact) mass is 410 g/mol. The van der Waals surface area contributed by atoms with Crippen molar-refractivity contribution in [3.8, 4) is 5.69 Å². The molecule has 30 heavy (non-hydrogen) atoms. The third kappa shape index (κ3) is 5.08. The standard InChI is InChI=1S/C23H34N6O/c1-18-14-21(4-9-24-18)29-16-20-15-28(13-8-22(20)25-29)17-23(30)27(3)12-7-19-5-10-26(2)11-6-19/h4,9,14,16,19H,5-8,10-13,15,17H2,1-3H3. The van der Waals surface area contributed by atoms with Crippen molar-refractivity contribution in [3.63, 3.8) is 0 Å². The van der Waals surface area contributed by atoms with Gasteiger partial charge in [-0.05, 0) is 64.4 Å². The fourth-order valence-corrected chi connectivity index (χ4v) is 4.48. The molecule has 0 radical (unpaired) electrons. The summed E-state index contributed by atoms with van der Waals surface area (Å²) in [5, 5.41) is 4.76. The lowest BCUT2D eigenvalue weighted by Crippen LogP contribution is -2.41. The van der Waals surface area contributed by atoms with Crippen molar-refractivity contribution in [2.75, 3.05) is 46.8 Å². The second kappa shape index (κ2) is 9.27. The summed E-state index contributed by atoms with van der Waals surface area (Å²) in [5.41, 5.74) is 4.38. The average molecular weight is 411 g/mol. The topological polar surface area (TPSA) is 57.5 Å². The predicted octanol–water partition coefficient (Wildman–Crippen LogP) is 2.12. The van der Waals surface area contributed by atoms with Crippen LogP contribution in [0, 0.1) is 12.8 Å². The zero-order chi connectivity index (χ0) is 21.1. The van der Waals surface area contributed by atoms with Crippen molar-refractivity contribution in [2.45, 2.75) is 39.2 Å². The van der Waals surface area contributed by atoms with Gasteiger partial charge in [0, 0.05) is 56.8 Å². The first kappa shape index (κ1) is 21.0. The van der Waals surface area contributed by atoms with Crippen LogP contribution in [-0.4, -0.2) is 82.2 Å². The van der Waals surface area contributed by atoms with Gasteiger partial charge in [-0.1, -0.05) is 0 Å². The molecule has 2 aliphatic rings. The van der Waals surface area contributed by atoms with E-state index < -0.39 is 0 Å². The molecule has 0 unspecified atom stereocenters. The van der Waals surface area contributed by atoms with Gasteiger partial charge in [0.15, 0.2) is 0 Å². The number of aromatic nitrogens is 3. The van der Waals surface area contributed by atoms with E-state index in [-0.39, 0.29) is 5.91 Å². The maximum atomic E-state index is 12.8. The van der Waals surface area contributed by atoms with E-state index in [4.69, 9.17) is 5.10 Å². The molecule has 7 nitrogen and oxygen atoms in total. The molecule has 2 aromatic heterocycles. The molecule has 7 heteroatoms. The number of likely N-dealkylation sites (tertiary alicyclic amines) is 1. The average Bonchev–Trinajstić information content (AvgIpc) is 3.16. The number of pyridine rings is 1. The molecule has 4 rings (SSSR count). The third-order valence-corrected chi connectivity index (χ3v) is 6.58. The Bertz CT molecular complexity index is 870. The molecular weight excluding hydrogens is 376 g/mol. The number of aryl methyl sites for hydroxylation is 1. The summed E-state index contributed by atoms with van der Waals surface area (Å²) in [7, 11) is 4.15. The number of hydrogen-bond acceptors (Lipinski definition) is 5. The molecule has 0 aromatic carbocycles. The van der Waals surface area contributed by atoms with Gasteiger partial charge in [-0.25, -0.2) is 4.68 Å². The van der Waals surface area contributed by atoms with E-state index in [2.05, 4.69) is 28.0 Å². The number of hydrogen-bond donors (Lipinski definition) is 0. The third-order valence-electron chi connectivity index (χ3n) is 6.58. The highest BCUT2D eigenvalue weighted by atomic mass is 16.2. The largest absolute Gasteiger partial charge is 0.345 e. The summed E-state index contributed by atoms with van der Waals surface area (Å²) in [6.07, 6.45) is 8.45. The van der Waals surface area contributed by atoms with Crippen molar-refractivity contribution in [1.82, 2.24) is 29.5 Å². The van der Waals surface area contributed by atoms with Gasteiger partial charge in [-0.2, -0.15) is 5.10 Å². The van der Waals surface area contributed by atoms with E-state index in [0.29, 0.717) is 6.54 Å². The van der Waals surface area contributed by atoms with Crippen LogP contribution in [0.1, 0.15) is 36.2 Å². The number of piperidine rings is 1. The van der Waals surface area contributed by atoms with E-state index in [1.807, 2.05) is 41.9 Å². The molecule has 162 valence electrons. The minimum absolute atomic E-state index is 0.225. The SMILES string of the molecule is Cc1cc(-n2cc3c(n2)CCN(CC(=O)N(C)CCC2CCN(C)CC2)C3)ccn1. The number of fused-ring (bicyclic) bond motifs is 1. The molecule has 2 aromatic rings. The van der Waals surface area contributed by atoms with Crippen LogP contribution >= 0.6 is 0 Å². The van der Waals surface area contributed by atoms with Crippen LogP contribution in [0.5, 0.6) is 0 Å². The Balaban J connectivity index is 1.28. The summed E-state index contributed by atoms with van der Waals surface area (Å²) in [6, 6.07) is 4.02. The lowest BCUT2D eigenvalue weighted by Gasteiger charge is -2.31. The second-order valence-corrected chi connectivity index (χ2v) is 9.01. The van der Waals surface area contributed by atoms with Crippen molar-refractivity contribution < 1.29 is 4.79 Å². The number of likely N-dealkylation sites (N-methyl/N-ethyl adjacent to an activating group) is 1. The Morgan fingerprint density at radius 2 is 2.07 bits per heavy atom. The van der Waals surface area contributed by atoms with Crippen molar-refractivity contribution in [2.24, 2.45) is 5.92 Å². The van der Waals surface area contributed by atoms with Gasteiger partial charge in [-0.15, -0.1) is 0 Å². The molecule has 0 N–H and O–H groups in total. The van der Waals surface area contributed by atoms with Crippen LogP contribution in [0.2, 0.25) is 0 Å². The first-order chi connectivity index (χ1) is 14.5. The molecule has 1 fully saturated rings. The summed E-state index contributed by atoms with van der Waals surface area (Å²) in [5.74, 6) is 0.986. The highest BCUT2D eigenvalue weighted by Gasteiger charge is 2.23. The lowest BCUT2D eigenvalue weighted by atomic mass is 9.94. The molecule has 4 heterocycles. The summed E-state index contributed by atoms with van der Waals surface area (Å²) >= 11 is 0. The second-order valence-electron chi connectivity index (χ2n) is 9.01. The summed E-state index contributed by atoms with van der Waals surface area (Å²) in [4.78, 5) is 23.6. The maximum Gasteiger partial charge on any atom is 0.236 e. The molecule has 1 saturated heterocycles. The number of carbonyl (C=O) groups is 1. The quantitative estimate of drug-likeness (QED) is 0.730. The van der Waals surface area contributed by atoms with Crippen LogP contribution in [0.25, 0.3) is 5.69 Å². The minimum Gasteiger partial charge on any atom is -0.345 e. The fraction of sp³-hybridized carbons (Fsp3) is 0.609. The highest BCUT2D eigenvalue weighted by Crippen LogP contribution is 2.21. The molecule has 0 bridgehead atoms. The number of carbonyl (C=O) groups excluding carboxylic acids is 1. The van der Waals surface area contributed by atoms with Gasteiger partial charge in [0.1, 0.15) is 0 Å². The molecule has 2 aliphatic heterocycles. The summed E-state index contributed by atoms with van der Waals surface area (Å²) in [6.45, 7) is 7.39. The van der Waals surface area contributed by atoms with Crippen molar-refractivity contribution in [3.05, 3.63) is 41.5 Å². The van der Waals surface area contributed by atoms with Crippen LogP contribution in [0.15, 0.2) is 24.5 Å². The minimum atomic E-state index is 0.225.